The maximum Gasteiger partial charge on any atom is 0.0863 e. The monoisotopic (exact) mass is 223 g/mol. The summed E-state index contributed by atoms with van der Waals surface area (Å²) >= 11 is 0. The molecular formula is C13H21NO2. The van der Waals surface area contributed by atoms with Crippen molar-refractivity contribution in [2.75, 3.05) is 13.2 Å². The zero-order valence-electron chi connectivity index (χ0n) is 10.0. The molecule has 1 aliphatic heterocycles. The summed E-state index contributed by atoms with van der Waals surface area (Å²) < 4.78 is 5.40. The van der Waals surface area contributed by atoms with E-state index < -0.39 is 11.0 Å². The Bertz CT molecular complexity index is 289. The molecule has 0 aromatic rings. The van der Waals surface area contributed by atoms with E-state index in [4.69, 9.17) is 4.74 Å². The first-order valence-electron chi connectivity index (χ1n) is 6.33. The molecule has 3 heteroatoms. The average Bonchev–Trinajstić information content (AvgIpc) is 2.52. The lowest BCUT2D eigenvalue weighted by molar-refractivity contribution is -0.0685. The van der Waals surface area contributed by atoms with Gasteiger partial charge in [-0.3, -0.25) is 0 Å². The Hall–Kier alpha value is -0.590. The molecule has 0 radical (unpaired) electrons. The van der Waals surface area contributed by atoms with Crippen molar-refractivity contribution >= 4 is 0 Å². The van der Waals surface area contributed by atoms with Gasteiger partial charge in [0.05, 0.1) is 17.1 Å². The number of hydrogen-bond donors (Lipinski definition) is 1. The zero-order valence-corrected chi connectivity index (χ0v) is 10.0. The molecule has 1 saturated carbocycles. The molecule has 0 spiro atoms. The first-order chi connectivity index (χ1) is 7.62. The number of rotatable bonds is 1. The van der Waals surface area contributed by atoms with Gasteiger partial charge in [0.25, 0.3) is 0 Å². The van der Waals surface area contributed by atoms with E-state index in [0.29, 0.717) is 25.4 Å². The van der Waals surface area contributed by atoms with Crippen molar-refractivity contribution in [3.63, 3.8) is 0 Å². The van der Waals surface area contributed by atoms with Gasteiger partial charge in [0.15, 0.2) is 0 Å². The lowest BCUT2D eigenvalue weighted by atomic mass is 9.67. The van der Waals surface area contributed by atoms with Crippen LogP contribution in [0, 0.1) is 22.7 Å². The summed E-state index contributed by atoms with van der Waals surface area (Å²) in [5.74, 6) is 0.563. The van der Waals surface area contributed by atoms with Crippen LogP contribution >= 0.6 is 0 Å². The standard InChI is InChI=1S/C13H21NO2/c1-11-3-5-12(9-11,10-14)13(15)4-2-7-16-8-6-13/h11,15H,2-9H2,1H3. The van der Waals surface area contributed by atoms with Crippen LogP contribution in [0.25, 0.3) is 0 Å². The Labute approximate surface area is 97.4 Å². The third kappa shape index (κ3) is 1.85. The average molecular weight is 223 g/mol. The molecule has 16 heavy (non-hydrogen) atoms. The second kappa shape index (κ2) is 4.35. The molecule has 1 saturated heterocycles. The van der Waals surface area contributed by atoms with Crippen molar-refractivity contribution in [1.29, 1.82) is 5.26 Å². The number of nitriles is 1. The summed E-state index contributed by atoms with van der Waals surface area (Å²) in [6.07, 6.45) is 4.97. The molecule has 1 N–H and O–H groups in total. The van der Waals surface area contributed by atoms with Gasteiger partial charge in [0, 0.05) is 19.6 Å². The van der Waals surface area contributed by atoms with Crippen LogP contribution in [0.1, 0.15) is 45.4 Å². The van der Waals surface area contributed by atoms with E-state index in [-0.39, 0.29) is 0 Å². The Morgan fingerprint density at radius 3 is 2.75 bits per heavy atom. The largest absolute Gasteiger partial charge is 0.388 e. The summed E-state index contributed by atoms with van der Waals surface area (Å²) in [7, 11) is 0. The predicted octanol–water partition coefficient (Wildman–Crippen LogP) is 2.25. The van der Waals surface area contributed by atoms with Crippen LogP contribution in [-0.4, -0.2) is 23.9 Å². The smallest absolute Gasteiger partial charge is 0.0863 e. The highest BCUT2D eigenvalue weighted by molar-refractivity contribution is 5.14. The van der Waals surface area contributed by atoms with E-state index in [1.165, 1.54) is 0 Å². The van der Waals surface area contributed by atoms with Crippen LogP contribution in [0.3, 0.4) is 0 Å². The van der Waals surface area contributed by atoms with E-state index in [0.717, 1.165) is 32.3 Å². The van der Waals surface area contributed by atoms with Crippen LogP contribution in [0.4, 0.5) is 0 Å². The first-order valence-corrected chi connectivity index (χ1v) is 6.33. The van der Waals surface area contributed by atoms with Crippen molar-refractivity contribution in [2.24, 2.45) is 11.3 Å². The summed E-state index contributed by atoms with van der Waals surface area (Å²) in [5.41, 5.74) is -1.33. The van der Waals surface area contributed by atoms with Crippen molar-refractivity contribution in [2.45, 2.75) is 51.0 Å². The Morgan fingerprint density at radius 2 is 2.12 bits per heavy atom. The third-order valence-corrected chi connectivity index (χ3v) is 4.40. The Kier molecular flexibility index (Phi) is 3.23. The van der Waals surface area contributed by atoms with Crippen molar-refractivity contribution in [3.8, 4) is 6.07 Å². The third-order valence-electron chi connectivity index (χ3n) is 4.40. The summed E-state index contributed by atoms with van der Waals surface area (Å²) in [6, 6.07) is 2.44. The predicted molar refractivity (Wildman–Crippen MR) is 60.7 cm³/mol. The number of aliphatic hydroxyl groups is 1. The van der Waals surface area contributed by atoms with Gasteiger partial charge in [-0.1, -0.05) is 6.92 Å². The molecule has 3 unspecified atom stereocenters. The first kappa shape index (κ1) is 11.9. The van der Waals surface area contributed by atoms with Gasteiger partial charge < -0.3 is 9.84 Å². The molecule has 2 rings (SSSR count). The fraction of sp³-hybridized carbons (Fsp3) is 0.923. The normalized spacial score (nSPS) is 44.9. The molecule has 3 nitrogen and oxygen atoms in total. The van der Waals surface area contributed by atoms with Crippen molar-refractivity contribution < 1.29 is 9.84 Å². The van der Waals surface area contributed by atoms with Gasteiger partial charge in [-0.15, -0.1) is 0 Å². The molecule has 3 atom stereocenters. The molecule has 90 valence electrons. The molecule has 0 bridgehead atoms. The van der Waals surface area contributed by atoms with Gasteiger partial charge in [0.2, 0.25) is 0 Å². The van der Waals surface area contributed by atoms with Crippen LogP contribution in [0.2, 0.25) is 0 Å². The Balaban J connectivity index is 2.22. The molecule has 0 aromatic carbocycles. The zero-order chi connectivity index (χ0) is 11.6. The van der Waals surface area contributed by atoms with Crippen LogP contribution in [0.15, 0.2) is 0 Å². The van der Waals surface area contributed by atoms with Gasteiger partial charge >= 0.3 is 0 Å². The molecule has 1 heterocycles. The SMILES string of the molecule is CC1CCC(C#N)(C2(O)CCCOCC2)C1. The van der Waals surface area contributed by atoms with Crippen molar-refractivity contribution in [1.82, 2.24) is 0 Å². The minimum atomic E-state index is -0.816. The van der Waals surface area contributed by atoms with Gasteiger partial charge in [-0.05, 0) is 38.0 Å². The maximum atomic E-state index is 10.8. The summed E-state index contributed by atoms with van der Waals surface area (Å²) in [6.45, 7) is 3.49. The quantitative estimate of drug-likeness (QED) is 0.741. The Morgan fingerprint density at radius 1 is 1.31 bits per heavy atom. The minimum absolute atomic E-state index is 0.514. The lowest BCUT2D eigenvalue weighted by Crippen LogP contribution is -2.46. The molecule has 0 aromatic heterocycles. The fourth-order valence-corrected chi connectivity index (χ4v) is 3.33. The van der Waals surface area contributed by atoms with E-state index in [2.05, 4.69) is 13.0 Å². The maximum absolute atomic E-state index is 10.8. The van der Waals surface area contributed by atoms with Gasteiger partial charge in [0.1, 0.15) is 0 Å². The minimum Gasteiger partial charge on any atom is -0.388 e. The van der Waals surface area contributed by atoms with E-state index >= 15 is 0 Å². The van der Waals surface area contributed by atoms with Gasteiger partial charge in [-0.2, -0.15) is 5.26 Å². The van der Waals surface area contributed by atoms with E-state index in [1.807, 2.05) is 0 Å². The van der Waals surface area contributed by atoms with Crippen molar-refractivity contribution in [3.05, 3.63) is 0 Å². The number of nitrogens with zero attached hydrogens (tertiary/aromatic N) is 1. The van der Waals surface area contributed by atoms with Crippen LogP contribution < -0.4 is 0 Å². The summed E-state index contributed by atoms with van der Waals surface area (Å²) in [5, 5.41) is 20.3. The van der Waals surface area contributed by atoms with E-state index in [1.54, 1.807) is 0 Å². The second-order valence-electron chi connectivity index (χ2n) is 5.54. The lowest BCUT2D eigenvalue weighted by Gasteiger charge is -2.39. The number of hydrogen-bond acceptors (Lipinski definition) is 3. The van der Waals surface area contributed by atoms with Crippen LogP contribution in [-0.2, 0) is 4.74 Å². The van der Waals surface area contributed by atoms with Crippen LogP contribution in [0.5, 0.6) is 0 Å². The molecule has 2 aliphatic rings. The number of ether oxygens (including phenoxy) is 1. The second-order valence-corrected chi connectivity index (χ2v) is 5.54. The molecule has 1 aliphatic carbocycles. The highest BCUT2D eigenvalue weighted by atomic mass is 16.5. The molecule has 0 amide bonds. The molecule has 2 fully saturated rings. The summed E-state index contributed by atoms with van der Waals surface area (Å²) in [4.78, 5) is 0. The topological polar surface area (TPSA) is 53.2 Å². The fourth-order valence-electron chi connectivity index (χ4n) is 3.33. The highest BCUT2D eigenvalue weighted by Crippen LogP contribution is 2.52. The highest BCUT2D eigenvalue weighted by Gasteiger charge is 2.53. The van der Waals surface area contributed by atoms with Gasteiger partial charge in [-0.25, -0.2) is 0 Å². The molecular weight excluding hydrogens is 202 g/mol. The van der Waals surface area contributed by atoms with E-state index in [9.17, 15) is 10.4 Å².